The molecule has 116 valence electrons. The van der Waals surface area contributed by atoms with Crippen molar-refractivity contribution in [3.63, 3.8) is 0 Å². The van der Waals surface area contributed by atoms with Crippen molar-refractivity contribution in [3.8, 4) is 0 Å². The number of hydrogen-bond acceptors (Lipinski definition) is 3. The third-order valence-electron chi connectivity index (χ3n) is 3.93. The number of carboxylic acid groups (broad SMARTS) is 1. The average molecular weight is 285 g/mol. The van der Waals surface area contributed by atoms with Gasteiger partial charge in [-0.1, -0.05) is 32.1 Å². The van der Waals surface area contributed by atoms with E-state index in [9.17, 15) is 14.7 Å². The molecule has 1 amide bonds. The number of amides is 1. The van der Waals surface area contributed by atoms with Crippen LogP contribution in [0, 0.1) is 5.92 Å². The van der Waals surface area contributed by atoms with Gasteiger partial charge in [-0.2, -0.15) is 0 Å². The van der Waals surface area contributed by atoms with E-state index >= 15 is 0 Å². The Morgan fingerprint density at radius 1 is 1.00 bits per heavy atom. The molecule has 0 heterocycles. The smallest absolute Gasteiger partial charge is 0.303 e. The molecule has 0 radical (unpaired) electrons. The summed E-state index contributed by atoms with van der Waals surface area (Å²) in [5, 5.41) is 21.2. The minimum atomic E-state index is -0.733. The van der Waals surface area contributed by atoms with Gasteiger partial charge in [-0.25, -0.2) is 0 Å². The lowest BCUT2D eigenvalue weighted by molar-refractivity contribution is -0.137. The molecule has 1 saturated carbocycles. The van der Waals surface area contributed by atoms with Gasteiger partial charge >= 0.3 is 5.97 Å². The zero-order chi connectivity index (χ0) is 14.8. The maximum Gasteiger partial charge on any atom is 0.303 e. The van der Waals surface area contributed by atoms with Gasteiger partial charge in [-0.15, -0.1) is 0 Å². The molecule has 0 saturated heterocycles. The van der Waals surface area contributed by atoms with Crippen molar-refractivity contribution in [2.45, 2.75) is 70.3 Å². The number of carboxylic acids is 1. The lowest BCUT2D eigenvalue weighted by Gasteiger charge is -2.26. The second-order valence-electron chi connectivity index (χ2n) is 5.66. The highest BCUT2D eigenvalue weighted by Gasteiger charge is 2.28. The van der Waals surface area contributed by atoms with Crippen LogP contribution < -0.4 is 5.32 Å². The van der Waals surface area contributed by atoms with Gasteiger partial charge in [0.15, 0.2) is 0 Å². The second-order valence-corrected chi connectivity index (χ2v) is 5.66. The molecule has 1 rings (SSSR count). The fraction of sp³-hybridized carbons (Fsp3) is 0.867. The Balaban J connectivity index is 1.98. The average Bonchev–Trinajstić information content (AvgIpc) is 2.41. The van der Waals surface area contributed by atoms with E-state index in [4.69, 9.17) is 5.11 Å². The van der Waals surface area contributed by atoms with E-state index in [1.165, 1.54) is 0 Å². The summed E-state index contributed by atoms with van der Waals surface area (Å²) in [6, 6.07) is 0. The van der Waals surface area contributed by atoms with Crippen LogP contribution in [-0.4, -0.2) is 34.7 Å². The second kappa shape index (κ2) is 9.75. The van der Waals surface area contributed by atoms with Gasteiger partial charge in [0.1, 0.15) is 0 Å². The van der Waals surface area contributed by atoms with E-state index in [0.29, 0.717) is 6.54 Å². The van der Waals surface area contributed by atoms with Crippen LogP contribution in [0.2, 0.25) is 0 Å². The van der Waals surface area contributed by atoms with Crippen LogP contribution in [0.5, 0.6) is 0 Å². The summed E-state index contributed by atoms with van der Waals surface area (Å²) >= 11 is 0. The van der Waals surface area contributed by atoms with Crippen molar-refractivity contribution in [1.29, 1.82) is 0 Å². The zero-order valence-corrected chi connectivity index (χ0v) is 12.1. The molecular weight excluding hydrogens is 258 g/mol. The molecule has 0 aromatic rings. The third kappa shape index (κ3) is 6.89. The maximum atomic E-state index is 11.9. The lowest BCUT2D eigenvalue weighted by Crippen LogP contribution is -2.39. The van der Waals surface area contributed by atoms with E-state index in [2.05, 4.69) is 5.32 Å². The van der Waals surface area contributed by atoms with E-state index in [0.717, 1.165) is 57.8 Å². The SMILES string of the molecule is O=C(O)CCCCCCCNC(=O)C1CCCCC1O. The van der Waals surface area contributed by atoms with Gasteiger partial charge in [0.2, 0.25) is 5.91 Å². The van der Waals surface area contributed by atoms with Gasteiger partial charge in [0.05, 0.1) is 12.0 Å². The van der Waals surface area contributed by atoms with Crippen LogP contribution in [0.1, 0.15) is 64.2 Å². The van der Waals surface area contributed by atoms with Crippen LogP contribution in [0.3, 0.4) is 0 Å². The highest BCUT2D eigenvalue weighted by atomic mass is 16.4. The highest BCUT2D eigenvalue weighted by molar-refractivity contribution is 5.79. The Morgan fingerprint density at radius 2 is 1.65 bits per heavy atom. The Hall–Kier alpha value is -1.10. The molecule has 0 aromatic carbocycles. The van der Waals surface area contributed by atoms with Gasteiger partial charge in [-0.05, 0) is 25.7 Å². The number of nitrogens with one attached hydrogen (secondary N) is 1. The molecule has 2 atom stereocenters. The number of carbonyl (C=O) groups excluding carboxylic acids is 1. The normalized spacial score (nSPS) is 22.4. The van der Waals surface area contributed by atoms with Crippen LogP contribution in [0.25, 0.3) is 0 Å². The molecule has 0 aromatic heterocycles. The number of unbranched alkanes of at least 4 members (excludes halogenated alkanes) is 4. The molecule has 0 bridgehead atoms. The zero-order valence-electron chi connectivity index (χ0n) is 12.1. The van der Waals surface area contributed by atoms with Gasteiger partial charge in [-0.3, -0.25) is 9.59 Å². The van der Waals surface area contributed by atoms with Crippen molar-refractivity contribution in [2.24, 2.45) is 5.92 Å². The molecule has 1 aliphatic carbocycles. The first-order valence-electron chi connectivity index (χ1n) is 7.79. The molecular formula is C15H27NO4. The largest absolute Gasteiger partial charge is 0.481 e. The van der Waals surface area contributed by atoms with Crippen molar-refractivity contribution in [3.05, 3.63) is 0 Å². The van der Waals surface area contributed by atoms with E-state index in [-0.39, 0.29) is 18.2 Å². The number of rotatable bonds is 9. The van der Waals surface area contributed by atoms with Crippen molar-refractivity contribution >= 4 is 11.9 Å². The van der Waals surface area contributed by atoms with Gasteiger partial charge in [0, 0.05) is 13.0 Å². The molecule has 1 fully saturated rings. The Morgan fingerprint density at radius 3 is 2.35 bits per heavy atom. The molecule has 2 unspecified atom stereocenters. The summed E-state index contributed by atoms with van der Waals surface area (Å²) in [7, 11) is 0. The molecule has 0 aliphatic heterocycles. The third-order valence-corrected chi connectivity index (χ3v) is 3.93. The first-order valence-corrected chi connectivity index (χ1v) is 7.79. The number of aliphatic carboxylic acids is 1. The van der Waals surface area contributed by atoms with Crippen molar-refractivity contribution < 1.29 is 19.8 Å². The number of aliphatic hydroxyl groups excluding tert-OH is 1. The van der Waals surface area contributed by atoms with Crippen molar-refractivity contribution in [2.75, 3.05) is 6.54 Å². The standard InChI is InChI=1S/C15H27NO4/c17-13-9-6-5-8-12(13)15(20)16-11-7-3-1-2-4-10-14(18)19/h12-13,17H,1-11H2,(H,16,20)(H,18,19). The monoisotopic (exact) mass is 285 g/mol. The molecule has 5 nitrogen and oxygen atoms in total. The topological polar surface area (TPSA) is 86.6 Å². The number of carbonyl (C=O) groups is 2. The molecule has 3 N–H and O–H groups in total. The summed E-state index contributed by atoms with van der Waals surface area (Å²) in [6.07, 6.45) is 7.95. The van der Waals surface area contributed by atoms with Crippen molar-refractivity contribution in [1.82, 2.24) is 5.32 Å². The lowest BCUT2D eigenvalue weighted by atomic mass is 9.86. The quantitative estimate of drug-likeness (QED) is 0.566. The summed E-state index contributed by atoms with van der Waals surface area (Å²) in [6.45, 7) is 0.654. The molecule has 20 heavy (non-hydrogen) atoms. The minimum Gasteiger partial charge on any atom is -0.481 e. The highest BCUT2D eigenvalue weighted by Crippen LogP contribution is 2.24. The van der Waals surface area contributed by atoms with Crippen LogP contribution in [-0.2, 0) is 9.59 Å². The summed E-state index contributed by atoms with van der Waals surface area (Å²) in [5.41, 5.74) is 0. The predicted molar refractivity (Wildman–Crippen MR) is 76.3 cm³/mol. The fourth-order valence-corrected chi connectivity index (χ4v) is 2.69. The minimum absolute atomic E-state index is 0.0110. The van der Waals surface area contributed by atoms with Crippen LogP contribution in [0.4, 0.5) is 0 Å². The molecule has 1 aliphatic rings. The summed E-state index contributed by atoms with van der Waals surface area (Å²) in [5.74, 6) is -0.967. The first-order chi connectivity index (χ1) is 9.61. The van der Waals surface area contributed by atoms with E-state index in [1.54, 1.807) is 0 Å². The molecule has 5 heteroatoms. The molecule has 0 spiro atoms. The number of aliphatic hydroxyl groups is 1. The van der Waals surface area contributed by atoms with E-state index in [1.807, 2.05) is 0 Å². The van der Waals surface area contributed by atoms with Gasteiger partial charge < -0.3 is 15.5 Å². The van der Waals surface area contributed by atoms with Gasteiger partial charge in [0.25, 0.3) is 0 Å². The maximum absolute atomic E-state index is 11.9. The predicted octanol–water partition coefficient (Wildman–Crippen LogP) is 2.08. The van der Waals surface area contributed by atoms with E-state index < -0.39 is 12.1 Å². The first kappa shape index (κ1) is 17.0. The summed E-state index contributed by atoms with van der Waals surface area (Å²) in [4.78, 5) is 22.2. The Bertz CT molecular complexity index is 306. The Labute approximate surface area is 120 Å². The Kier molecular flexibility index (Phi) is 8.26. The summed E-state index contributed by atoms with van der Waals surface area (Å²) < 4.78 is 0. The fourth-order valence-electron chi connectivity index (χ4n) is 2.69. The number of hydrogen-bond donors (Lipinski definition) is 3. The van der Waals surface area contributed by atoms with Crippen LogP contribution in [0.15, 0.2) is 0 Å². The van der Waals surface area contributed by atoms with Crippen LogP contribution >= 0.6 is 0 Å².